The summed E-state index contributed by atoms with van der Waals surface area (Å²) in [4.78, 5) is 28.3. The number of fused-ring (bicyclic) bond motifs is 1. The van der Waals surface area contributed by atoms with Crippen molar-refractivity contribution in [2.45, 2.75) is 20.0 Å². The van der Waals surface area contributed by atoms with E-state index in [9.17, 15) is 4.79 Å². The average Bonchev–Trinajstić information content (AvgIpc) is 3.31. The Balaban J connectivity index is 1.38. The highest BCUT2D eigenvalue weighted by Crippen LogP contribution is 2.29. The SMILES string of the molecule is Cc1cccc(CN2Cc3ccc(-c4ccnc(Nc5ccnn5C)n4)cc3C2=O)n1. The van der Waals surface area contributed by atoms with Crippen LogP contribution in [0.3, 0.4) is 0 Å². The second-order valence-corrected chi connectivity index (χ2v) is 7.53. The van der Waals surface area contributed by atoms with E-state index in [0.717, 1.165) is 34.0 Å². The highest BCUT2D eigenvalue weighted by atomic mass is 16.2. The molecule has 1 aliphatic heterocycles. The molecule has 0 unspecified atom stereocenters. The Morgan fingerprint density at radius 3 is 2.77 bits per heavy atom. The van der Waals surface area contributed by atoms with Crippen LogP contribution in [-0.2, 0) is 20.1 Å². The minimum atomic E-state index is 0.0162. The second kappa shape index (κ2) is 7.64. The topological polar surface area (TPSA) is 88.8 Å². The van der Waals surface area contributed by atoms with Gasteiger partial charge in [-0.25, -0.2) is 9.97 Å². The molecule has 31 heavy (non-hydrogen) atoms. The zero-order valence-electron chi connectivity index (χ0n) is 17.3. The Morgan fingerprint density at radius 2 is 1.97 bits per heavy atom. The second-order valence-electron chi connectivity index (χ2n) is 7.53. The van der Waals surface area contributed by atoms with Gasteiger partial charge in [0.15, 0.2) is 0 Å². The summed E-state index contributed by atoms with van der Waals surface area (Å²) >= 11 is 0. The van der Waals surface area contributed by atoms with E-state index in [4.69, 9.17) is 0 Å². The molecule has 4 aromatic rings. The van der Waals surface area contributed by atoms with Crippen molar-refractivity contribution in [3.8, 4) is 11.3 Å². The highest BCUT2D eigenvalue weighted by Gasteiger charge is 2.28. The van der Waals surface area contributed by atoms with Gasteiger partial charge in [0.1, 0.15) is 5.82 Å². The molecule has 154 valence electrons. The number of anilines is 2. The number of hydrogen-bond donors (Lipinski definition) is 1. The van der Waals surface area contributed by atoms with E-state index in [2.05, 4.69) is 25.4 Å². The Bertz CT molecular complexity index is 1280. The van der Waals surface area contributed by atoms with Crippen molar-refractivity contribution in [2.24, 2.45) is 7.05 Å². The van der Waals surface area contributed by atoms with E-state index in [-0.39, 0.29) is 5.91 Å². The maximum atomic E-state index is 13.0. The maximum absolute atomic E-state index is 13.0. The molecule has 0 radical (unpaired) electrons. The molecule has 0 atom stereocenters. The number of benzene rings is 1. The van der Waals surface area contributed by atoms with Gasteiger partial charge in [-0.15, -0.1) is 0 Å². The van der Waals surface area contributed by atoms with Gasteiger partial charge in [-0.3, -0.25) is 14.5 Å². The van der Waals surface area contributed by atoms with Crippen molar-refractivity contribution in [3.63, 3.8) is 0 Å². The van der Waals surface area contributed by atoms with Crippen molar-refractivity contribution >= 4 is 17.7 Å². The van der Waals surface area contributed by atoms with Crippen LogP contribution in [0.15, 0.2) is 60.9 Å². The molecule has 8 heteroatoms. The van der Waals surface area contributed by atoms with E-state index in [0.29, 0.717) is 24.6 Å². The molecule has 0 bridgehead atoms. The Morgan fingerprint density at radius 1 is 1.06 bits per heavy atom. The summed E-state index contributed by atoms with van der Waals surface area (Å²) in [6.07, 6.45) is 3.40. The number of nitrogens with one attached hydrogen (secondary N) is 1. The van der Waals surface area contributed by atoms with Crippen molar-refractivity contribution in [3.05, 3.63) is 83.4 Å². The number of carbonyl (C=O) groups excluding carboxylic acids is 1. The molecule has 8 nitrogen and oxygen atoms in total. The fourth-order valence-electron chi connectivity index (χ4n) is 3.72. The largest absolute Gasteiger partial charge is 0.328 e. The first-order chi connectivity index (χ1) is 15.1. The van der Waals surface area contributed by atoms with Crippen LogP contribution >= 0.6 is 0 Å². The lowest BCUT2D eigenvalue weighted by Gasteiger charge is -2.15. The molecule has 0 spiro atoms. The van der Waals surface area contributed by atoms with Crippen LogP contribution in [0.4, 0.5) is 11.8 Å². The van der Waals surface area contributed by atoms with Crippen LogP contribution in [-0.4, -0.2) is 35.5 Å². The third kappa shape index (κ3) is 3.75. The molecule has 4 heterocycles. The van der Waals surface area contributed by atoms with Crippen molar-refractivity contribution in [1.82, 2.24) is 29.6 Å². The quantitative estimate of drug-likeness (QED) is 0.541. The van der Waals surface area contributed by atoms with Gasteiger partial charge in [0.25, 0.3) is 5.91 Å². The first-order valence-electron chi connectivity index (χ1n) is 10.00. The third-order valence-electron chi connectivity index (χ3n) is 5.30. The summed E-state index contributed by atoms with van der Waals surface area (Å²) in [7, 11) is 1.84. The van der Waals surface area contributed by atoms with Crippen molar-refractivity contribution in [2.75, 3.05) is 5.32 Å². The first-order valence-corrected chi connectivity index (χ1v) is 10.00. The fourth-order valence-corrected chi connectivity index (χ4v) is 3.72. The summed E-state index contributed by atoms with van der Waals surface area (Å²) in [5.41, 5.74) is 5.19. The number of carbonyl (C=O) groups is 1. The van der Waals surface area contributed by atoms with E-state index >= 15 is 0 Å². The fraction of sp³-hybridized carbons (Fsp3) is 0.174. The average molecular weight is 411 g/mol. The molecule has 0 saturated carbocycles. The van der Waals surface area contributed by atoms with Crippen molar-refractivity contribution in [1.29, 1.82) is 0 Å². The van der Waals surface area contributed by atoms with Crippen LogP contribution in [0, 0.1) is 6.92 Å². The van der Waals surface area contributed by atoms with E-state index in [1.54, 1.807) is 17.1 Å². The van der Waals surface area contributed by atoms with Crippen LogP contribution < -0.4 is 5.32 Å². The molecule has 1 amide bonds. The molecule has 3 aromatic heterocycles. The van der Waals surface area contributed by atoms with Crippen LogP contribution in [0.5, 0.6) is 0 Å². The first kappa shape index (κ1) is 18.9. The number of nitrogens with zero attached hydrogens (tertiary/aromatic N) is 6. The van der Waals surface area contributed by atoms with Gasteiger partial charge in [0.2, 0.25) is 5.95 Å². The number of hydrogen-bond acceptors (Lipinski definition) is 6. The molecule has 1 N–H and O–H groups in total. The molecule has 1 aliphatic rings. The number of aryl methyl sites for hydroxylation is 2. The molecule has 0 saturated heterocycles. The molecule has 1 aromatic carbocycles. The monoisotopic (exact) mass is 411 g/mol. The lowest BCUT2D eigenvalue weighted by molar-refractivity contribution is 0.0764. The van der Waals surface area contributed by atoms with Gasteiger partial charge in [-0.1, -0.05) is 18.2 Å². The van der Waals surface area contributed by atoms with Gasteiger partial charge >= 0.3 is 0 Å². The molecular weight excluding hydrogens is 390 g/mol. The molecule has 0 aliphatic carbocycles. The Labute approximate surface area is 179 Å². The molecular formula is C23H21N7O. The normalized spacial score (nSPS) is 12.8. The van der Waals surface area contributed by atoms with Gasteiger partial charge in [0.05, 0.1) is 24.1 Å². The van der Waals surface area contributed by atoms with Gasteiger partial charge in [-0.05, 0) is 36.8 Å². The minimum Gasteiger partial charge on any atom is -0.328 e. The highest BCUT2D eigenvalue weighted by molar-refractivity contribution is 5.99. The standard InChI is InChI=1S/C23H21N7O/c1-15-4-3-5-18(26-15)14-30-13-17-7-6-16(12-19(17)22(30)31)20-8-10-24-23(27-20)28-21-9-11-25-29(21)2/h3-12H,13-14H2,1-2H3,(H,24,27,28). The zero-order chi connectivity index (χ0) is 21.4. The van der Waals surface area contributed by atoms with Gasteiger partial charge < -0.3 is 10.2 Å². The summed E-state index contributed by atoms with van der Waals surface area (Å²) in [6, 6.07) is 15.5. The van der Waals surface area contributed by atoms with Crippen LogP contribution in [0.1, 0.15) is 27.3 Å². The minimum absolute atomic E-state index is 0.0162. The Kier molecular flexibility index (Phi) is 4.66. The van der Waals surface area contributed by atoms with E-state index < -0.39 is 0 Å². The predicted octanol–water partition coefficient (Wildman–Crippen LogP) is 3.48. The maximum Gasteiger partial charge on any atom is 0.254 e. The van der Waals surface area contributed by atoms with Gasteiger partial charge in [-0.2, -0.15) is 5.10 Å². The molecule has 5 rings (SSSR count). The van der Waals surface area contributed by atoms with Gasteiger partial charge in [0, 0.05) is 42.7 Å². The summed E-state index contributed by atoms with van der Waals surface area (Å²) in [5, 5.41) is 7.29. The summed E-state index contributed by atoms with van der Waals surface area (Å²) in [6.45, 7) is 3.04. The van der Waals surface area contributed by atoms with Crippen LogP contribution in [0.25, 0.3) is 11.3 Å². The van der Waals surface area contributed by atoms with Crippen molar-refractivity contribution < 1.29 is 4.79 Å². The lowest BCUT2D eigenvalue weighted by atomic mass is 10.0. The Hall–Kier alpha value is -4.07. The zero-order valence-corrected chi connectivity index (χ0v) is 17.3. The number of aromatic nitrogens is 5. The van der Waals surface area contributed by atoms with E-state index in [1.807, 2.05) is 67.4 Å². The predicted molar refractivity (Wildman–Crippen MR) is 117 cm³/mol. The summed E-state index contributed by atoms with van der Waals surface area (Å²) in [5.74, 6) is 1.28. The molecule has 0 fully saturated rings. The third-order valence-corrected chi connectivity index (χ3v) is 5.30. The smallest absolute Gasteiger partial charge is 0.254 e. The number of amides is 1. The van der Waals surface area contributed by atoms with E-state index in [1.165, 1.54) is 0 Å². The number of pyridine rings is 1. The number of rotatable bonds is 5. The van der Waals surface area contributed by atoms with Crippen LogP contribution in [0.2, 0.25) is 0 Å². The summed E-state index contributed by atoms with van der Waals surface area (Å²) < 4.78 is 1.71. The lowest BCUT2D eigenvalue weighted by Crippen LogP contribution is -2.23.